The smallest absolute Gasteiger partial charge is 0.152 e. The van der Waals surface area contributed by atoms with Crippen LogP contribution in [0.3, 0.4) is 0 Å². The lowest BCUT2D eigenvalue weighted by atomic mass is 10.2. The van der Waals surface area contributed by atoms with Gasteiger partial charge in [-0.2, -0.15) is 0 Å². The van der Waals surface area contributed by atoms with Crippen LogP contribution in [0.25, 0.3) is 10.9 Å². The number of H-pyrrole nitrogens is 1. The number of carbonyl (C=O) groups excluding carboxylic acids is 1. The number of aromatic amines is 1. The van der Waals surface area contributed by atoms with Gasteiger partial charge in [0.25, 0.3) is 0 Å². The van der Waals surface area contributed by atoms with E-state index < -0.39 is 0 Å². The Morgan fingerprint density at radius 3 is 3.00 bits per heavy atom. The zero-order chi connectivity index (χ0) is 8.55. The van der Waals surface area contributed by atoms with Gasteiger partial charge in [-0.15, -0.1) is 0 Å². The SMILES string of the molecule is O=Cc1c[nH]c2cccc(Br)c12. The zero-order valence-electron chi connectivity index (χ0n) is 6.17. The van der Waals surface area contributed by atoms with E-state index in [0.717, 1.165) is 21.7 Å². The summed E-state index contributed by atoms with van der Waals surface area (Å²) in [6.07, 6.45) is 2.56. The van der Waals surface area contributed by atoms with Gasteiger partial charge in [-0.05, 0) is 12.1 Å². The van der Waals surface area contributed by atoms with E-state index in [1.165, 1.54) is 0 Å². The van der Waals surface area contributed by atoms with Gasteiger partial charge in [0.1, 0.15) is 0 Å². The third kappa shape index (κ3) is 0.975. The molecule has 2 aromatic rings. The number of halogens is 1. The van der Waals surface area contributed by atoms with Gasteiger partial charge < -0.3 is 4.98 Å². The lowest BCUT2D eigenvalue weighted by Gasteiger charge is -1.93. The van der Waals surface area contributed by atoms with E-state index in [1.54, 1.807) is 6.20 Å². The van der Waals surface area contributed by atoms with Crippen molar-refractivity contribution in [2.75, 3.05) is 0 Å². The lowest BCUT2D eigenvalue weighted by molar-refractivity contribution is 0.112. The Bertz CT molecular complexity index is 433. The Hall–Kier alpha value is -1.09. The molecule has 1 aromatic heterocycles. The molecule has 0 bridgehead atoms. The molecule has 0 atom stereocenters. The summed E-state index contributed by atoms with van der Waals surface area (Å²) >= 11 is 3.39. The number of hydrogen-bond donors (Lipinski definition) is 1. The quantitative estimate of drug-likeness (QED) is 0.742. The lowest BCUT2D eigenvalue weighted by Crippen LogP contribution is -1.75. The summed E-state index contributed by atoms with van der Waals surface area (Å²) in [4.78, 5) is 13.6. The van der Waals surface area contributed by atoms with Gasteiger partial charge in [-0.3, -0.25) is 4.79 Å². The second kappa shape index (κ2) is 2.75. The fourth-order valence-electron chi connectivity index (χ4n) is 1.26. The van der Waals surface area contributed by atoms with Crippen molar-refractivity contribution in [1.29, 1.82) is 0 Å². The minimum atomic E-state index is 0.692. The topological polar surface area (TPSA) is 32.9 Å². The van der Waals surface area contributed by atoms with Crippen molar-refractivity contribution in [2.45, 2.75) is 0 Å². The van der Waals surface area contributed by atoms with Crippen LogP contribution in [0.15, 0.2) is 28.9 Å². The highest BCUT2D eigenvalue weighted by Crippen LogP contribution is 2.25. The molecule has 1 N–H and O–H groups in total. The molecule has 0 saturated heterocycles. The summed E-state index contributed by atoms with van der Waals surface area (Å²) < 4.78 is 0.948. The maximum absolute atomic E-state index is 10.6. The molecular formula is C9H6BrNO. The second-order valence-electron chi connectivity index (χ2n) is 2.52. The van der Waals surface area contributed by atoms with Crippen molar-refractivity contribution >= 4 is 33.1 Å². The molecule has 0 aliphatic rings. The van der Waals surface area contributed by atoms with Crippen LogP contribution in [0.2, 0.25) is 0 Å². The molecule has 2 rings (SSSR count). The number of carbonyl (C=O) groups is 1. The third-order valence-corrected chi connectivity index (χ3v) is 2.47. The van der Waals surface area contributed by atoms with E-state index in [2.05, 4.69) is 20.9 Å². The summed E-state index contributed by atoms with van der Waals surface area (Å²) in [7, 11) is 0. The molecule has 0 aliphatic carbocycles. The molecule has 0 aliphatic heterocycles. The van der Waals surface area contributed by atoms with E-state index >= 15 is 0 Å². The highest BCUT2D eigenvalue weighted by molar-refractivity contribution is 9.10. The molecule has 1 heterocycles. The highest BCUT2D eigenvalue weighted by Gasteiger charge is 2.04. The first kappa shape index (κ1) is 7.55. The van der Waals surface area contributed by atoms with Crippen LogP contribution in [-0.2, 0) is 0 Å². The number of benzene rings is 1. The number of aldehydes is 1. The minimum Gasteiger partial charge on any atom is -0.360 e. The second-order valence-corrected chi connectivity index (χ2v) is 3.38. The Labute approximate surface area is 77.7 Å². The molecule has 0 radical (unpaired) electrons. The maximum Gasteiger partial charge on any atom is 0.152 e. The molecule has 3 heteroatoms. The first-order valence-electron chi connectivity index (χ1n) is 3.53. The largest absolute Gasteiger partial charge is 0.360 e. The standard InChI is InChI=1S/C9H6BrNO/c10-7-2-1-3-8-9(7)6(5-12)4-11-8/h1-5,11H. The Kier molecular flexibility index (Phi) is 1.73. The van der Waals surface area contributed by atoms with Crippen molar-refractivity contribution in [1.82, 2.24) is 4.98 Å². The summed E-state index contributed by atoms with van der Waals surface area (Å²) in [6, 6.07) is 5.79. The van der Waals surface area contributed by atoms with E-state index in [4.69, 9.17) is 0 Å². The third-order valence-electron chi connectivity index (χ3n) is 1.81. The number of nitrogens with one attached hydrogen (secondary N) is 1. The molecule has 60 valence electrons. The van der Waals surface area contributed by atoms with Crippen LogP contribution in [0.4, 0.5) is 0 Å². The Morgan fingerprint density at radius 2 is 2.25 bits per heavy atom. The molecule has 0 saturated carbocycles. The molecule has 0 spiro atoms. The first-order valence-corrected chi connectivity index (χ1v) is 4.33. The average Bonchev–Trinajstić information content (AvgIpc) is 2.49. The van der Waals surface area contributed by atoms with Gasteiger partial charge >= 0.3 is 0 Å². The molecule has 2 nitrogen and oxygen atoms in total. The zero-order valence-corrected chi connectivity index (χ0v) is 7.76. The number of fused-ring (bicyclic) bond motifs is 1. The van der Waals surface area contributed by atoms with E-state index in [0.29, 0.717) is 5.56 Å². The van der Waals surface area contributed by atoms with Crippen molar-refractivity contribution in [3.63, 3.8) is 0 Å². The van der Waals surface area contributed by atoms with Crippen LogP contribution in [0.5, 0.6) is 0 Å². The summed E-state index contributed by atoms with van der Waals surface area (Å²) in [6.45, 7) is 0. The Balaban J connectivity index is 2.91. The Morgan fingerprint density at radius 1 is 1.42 bits per heavy atom. The summed E-state index contributed by atoms with van der Waals surface area (Å²) in [5.41, 5.74) is 1.67. The molecule has 0 amide bonds. The molecule has 0 fully saturated rings. The van der Waals surface area contributed by atoms with Gasteiger partial charge in [0.05, 0.1) is 0 Å². The maximum atomic E-state index is 10.6. The van der Waals surface area contributed by atoms with Gasteiger partial charge in [0.15, 0.2) is 6.29 Å². The fourth-order valence-corrected chi connectivity index (χ4v) is 1.85. The summed E-state index contributed by atoms with van der Waals surface area (Å²) in [5.74, 6) is 0. The first-order chi connectivity index (χ1) is 5.83. The molecule has 1 aromatic carbocycles. The van der Waals surface area contributed by atoms with Crippen LogP contribution < -0.4 is 0 Å². The monoisotopic (exact) mass is 223 g/mol. The van der Waals surface area contributed by atoms with Crippen molar-refractivity contribution in [3.05, 3.63) is 34.4 Å². The number of aromatic nitrogens is 1. The molecular weight excluding hydrogens is 218 g/mol. The molecule has 12 heavy (non-hydrogen) atoms. The highest BCUT2D eigenvalue weighted by atomic mass is 79.9. The van der Waals surface area contributed by atoms with Gasteiger partial charge in [0, 0.05) is 27.1 Å². The van der Waals surface area contributed by atoms with Crippen LogP contribution in [-0.4, -0.2) is 11.3 Å². The van der Waals surface area contributed by atoms with E-state index in [1.807, 2.05) is 18.2 Å². The van der Waals surface area contributed by atoms with E-state index in [9.17, 15) is 4.79 Å². The van der Waals surface area contributed by atoms with Crippen LogP contribution in [0.1, 0.15) is 10.4 Å². The van der Waals surface area contributed by atoms with Crippen molar-refractivity contribution in [3.8, 4) is 0 Å². The van der Waals surface area contributed by atoms with Crippen molar-refractivity contribution in [2.24, 2.45) is 0 Å². The predicted octanol–water partition coefficient (Wildman–Crippen LogP) is 2.74. The molecule has 0 unspecified atom stereocenters. The van der Waals surface area contributed by atoms with E-state index in [-0.39, 0.29) is 0 Å². The number of hydrogen-bond acceptors (Lipinski definition) is 1. The van der Waals surface area contributed by atoms with Gasteiger partial charge in [-0.1, -0.05) is 22.0 Å². The summed E-state index contributed by atoms with van der Waals surface area (Å²) in [5, 5.41) is 0.951. The van der Waals surface area contributed by atoms with Gasteiger partial charge in [-0.25, -0.2) is 0 Å². The fraction of sp³-hybridized carbons (Fsp3) is 0. The predicted molar refractivity (Wildman–Crippen MR) is 51.4 cm³/mol. The van der Waals surface area contributed by atoms with Crippen LogP contribution >= 0.6 is 15.9 Å². The number of rotatable bonds is 1. The van der Waals surface area contributed by atoms with Gasteiger partial charge in [0.2, 0.25) is 0 Å². The average molecular weight is 224 g/mol. The van der Waals surface area contributed by atoms with Crippen molar-refractivity contribution < 1.29 is 4.79 Å². The normalized spacial score (nSPS) is 10.4. The van der Waals surface area contributed by atoms with Crippen LogP contribution in [0, 0.1) is 0 Å². The minimum absolute atomic E-state index is 0.692.